The summed E-state index contributed by atoms with van der Waals surface area (Å²) in [7, 11) is -3.36. The number of nitrogens with zero attached hydrogens (tertiary/aromatic N) is 3. The van der Waals surface area contributed by atoms with Gasteiger partial charge in [0.05, 0.1) is 22.5 Å². The molecule has 2 aromatic carbocycles. The molecule has 0 saturated heterocycles. The third kappa shape index (κ3) is 4.34. The van der Waals surface area contributed by atoms with E-state index in [9.17, 15) is 18.5 Å². The van der Waals surface area contributed by atoms with Crippen LogP contribution in [0.1, 0.15) is 43.6 Å². The van der Waals surface area contributed by atoms with E-state index < -0.39 is 10.0 Å². The third-order valence-corrected chi connectivity index (χ3v) is 6.91. The molecule has 1 heterocycles. The standard InChI is InChI=1S/C24H28N4O3S/c1-5-27(6-2)24(29)18-11-14-20-21(16-25)23(28(7-3)22(20)15-18)17-9-12-19(13-10-17)26-32(30,31)8-4/h9-15,26H,5-8H2,1-4H3. The van der Waals surface area contributed by atoms with Crippen LogP contribution in [0.2, 0.25) is 0 Å². The molecule has 168 valence electrons. The van der Waals surface area contributed by atoms with Gasteiger partial charge >= 0.3 is 0 Å². The van der Waals surface area contributed by atoms with Crippen LogP contribution < -0.4 is 4.72 Å². The zero-order valence-electron chi connectivity index (χ0n) is 18.8. The van der Waals surface area contributed by atoms with E-state index in [-0.39, 0.29) is 11.7 Å². The van der Waals surface area contributed by atoms with E-state index in [2.05, 4.69) is 10.8 Å². The number of nitriles is 1. The number of aryl methyl sites for hydroxylation is 1. The molecule has 32 heavy (non-hydrogen) atoms. The first kappa shape index (κ1) is 23.4. The zero-order valence-corrected chi connectivity index (χ0v) is 19.7. The van der Waals surface area contributed by atoms with Gasteiger partial charge in [-0.05, 0) is 57.5 Å². The van der Waals surface area contributed by atoms with Crippen LogP contribution in [0.4, 0.5) is 5.69 Å². The molecular weight excluding hydrogens is 424 g/mol. The van der Waals surface area contributed by atoms with Crippen LogP contribution in [0.25, 0.3) is 22.2 Å². The van der Waals surface area contributed by atoms with Crippen molar-refractivity contribution in [1.82, 2.24) is 9.47 Å². The average Bonchev–Trinajstić information content (AvgIpc) is 3.12. The fourth-order valence-electron chi connectivity index (χ4n) is 3.87. The molecule has 0 bridgehead atoms. The summed E-state index contributed by atoms with van der Waals surface area (Å²) in [6.45, 7) is 9.34. The topological polar surface area (TPSA) is 95.2 Å². The maximum atomic E-state index is 12.9. The number of rotatable bonds is 8. The van der Waals surface area contributed by atoms with Crippen molar-refractivity contribution in [1.29, 1.82) is 5.26 Å². The normalized spacial score (nSPS) is 11.3. The number of benzene rings is 2. The molecule has 0 fully saturated rings. The summed E-state index contributed by atoms with van der Waals surface area (Å²) in [6.07, 6.45) is 0. The van der Waals surface area contributed by atoms with Gasteiger partial charge in [-0.1, -0.05) is 18.2 Å². The summed E-state index contributed by atoms with van der Waals surface area (Å²) >= 11 is 0. The number of nitrogens with one attached hydrogen (secondary N) is 1. The van der Waals surface area contributed by atoms with Gasteiger partial charge in [0.1, 0.15) is 6.07 Å². The maximum Gasteiger partial charge on any atom is 0.253 e. The molecule has 0 spiro atoms. The van der Waals surface area contributed by atoms with Gasteiger partial charge in [0.2, 0.25) is 10.0 Å². The molecule has 1 amide bonds. The molecule has 3 rings (SSSR count). The third-order valence-electron chi connectivity index (χ3n) is 5.60. The average molecular weight is 453 g/mol. The number of fused-ring (bicyclic) bond motifs is 1. The molecule has 3 aromatic rings. The highest BCUT2D eigenvalue weighted by atomic mass is 32.2. The number of anilines is 1. The Balaban J connectivity index is 2.13. The molecule has 0 radical (unpaired) electrons. The lowest BCUT2D eigenvalue weighted by Crippen LogP contribution is -2.30. The van der Waals surface area contributed by atoms with Gasteiger partial charge in [-0.25, -0.2) is 8.42 Å². The summed E-state index contributed by atoms with van der Waals surface area (Å²) in [5.41, 5.74) is 3.98. The Kier molecular flexibility index (Phi) is 6.90. The van der Waals surface area contributed by atoms with E-state index in [4.69, 9.17) is 0 Å². The summed E-state index contributed by atoms with van der Waals surface area (Å²) in [5, 5.41) is 10.7. The van der Waals surface area contributed by atoms with Gasteiger partial charge in [0.25, 0.3) is 5.91 Å². The molecular formula is C24H28N4O3S. The molecule has 7 nitrogen and oxygen atoms in total. The smallest absolute Gasteiger partial charge is 0.253 e. The second kappa shape index (κ2) is 9.45. The molecule has 0 unspecified atom stereocenters. The van der Waals surface area contributed by atoms with Crippen LogP contribution in [0.3, 0.4) is 0 Å². The molecule has 8 heteroatoms. The van der Waals surface area contributed by atoms with Crippen molar-refractivity contribution in [2.75, 3.05) is 23.6 Å². The minimum atomic E-state index is -3.36. The lowest BCUT2D eigenvalue weighted by atomic mass is 10.0. The minimum absolute atomic E-state index is 0.00798. The molecule has 0 atom stereocenters. The summed E-state index contributed by atoms with van der Waals surface area (Å²) < 4.78 is 28.2. The molecule has 1 aromatic heterocycles. The Morgan fingerprint density at radius 3 is 2.25 bits per heavy atom. The molecule has 0 aliphatic heterocycles. The SMILES string of the molecule is CCN(CC)C(=O)c1ccc2c(C#N)c(-c3ccc(NS(=O)(=O)CC)cc3)n(CC)c2c1. The highest BCUT2D eigenvalue weighted by molar-refractivity contribution is 7.92. The van der Waals surface area contributed by atoms with Crippen molar-refractivity contribution >= 4 is 32.5 Å². The van der Waals surface area contributed by atoms with Crippen molar-refractivity contribution in [3.63, 3.8) is 0 Å². The highest BCUT2D eigenvalue weighted by Crippen LogP contribution is 2.34. The Morgan fingerprint density at radius 2 is 1.72 bits per heavy atom. The number of carbonyl (C=O) groups excluding carboxylic acids is 1. The molecule has 0 saturated carbocycles. The summed E-state index contributed by atoms with van der Waals surface area (Å²) in [5.74, 6) is -0.0419. The van der Waals surface area contributed by atoms with Crippen molar-refractivity contribution in [3.05, 3.63) is 53.6 Å². The first-order valence-corrected chi connectivity index (χ1v) is 12.4. The van der Waals surface area contributed by atoms with Gasteiger partial charge in [-0.15, -0.1) is 0 Å². The lowest BCUT2D eigenvalue weighted by Gasteiger charge is -2.18. The largest absolute Gasteiger partial charge is 0.340 e. The summed E-state index contributed by atoms with van der Waals surface area (Å²) in [6, 6.07) is 14.8. The van der Waals surface area contributed by atoms with Gasteiger partial charge in [0.15, 0.2) is 0 Å². The number of amides is 1. The quantitative estimate of drug-likeness (QED) is 0.546. The van der Waals surface area contributed by atoms with E-state index in [1.54, 1.807) is 42.2 Å². The van der Waals surface area contributed by atoms with E-state index in [0.29, 0.717) is 36.4 Å². The fourth-order valence-corrected chi connectivity index (χ4v) is 4.50. The predicted molar refractivity (Wildman–Crippen MR) is 128 cm³/mol. The van der Waals surface area contributed by atoms with Crippen molar-refractivity contribution in [2.24, 2.45) is 0 Å². The predicted octanol–water partition coefficient (Wildman–Crippen LogP) is 4.44. The fraction of sp³-hybridized carbons (Fsp3) is 0.333. The van der Waals surface area contributed by atoms with Crippen LogP contribution >= 0.6 is 0 Å². The Morgan fingerprint density at radius 1 is 1.06 bits per heavy atom. The minimum Gasteiger partial charge on any atom is -0.340 e. The van der Waals surface area contributed by atoms with Crippen LogP contribution in [-0.2, 0) is 16.6 Å². The van der Waals surface area contributed by atoms with E-state index in [0.717, 1.165) is 22.2 Å². The van der Waals surface area contributed by atoms with Crippen LogP contribution in [-0.4, -0.2) is 42.6 Å². The van der Waals surface area contributed by atoms with Crippen molar-refractivity contribution in [2.45, 2.75) is 34.2 Å². The highest BCUT2D eigenvalue weighted by Gasteiger charge is 2.21. The first-order valence-electron chi connectivity index (χ1n) is 10.8. The van der Waals surface area contributed by atoms with Gasteiger partial charge in [0, 0.05) is 36.3 Å². The van der Waals surface area contributed by atoms with Gasteiger partial charge < -0.3 is 9.47 Å². The van der Waals surface area contributed by atoms with Crippen molar-refractivity contribution < 1.29 is 13.2 Å². The van der Waals surface area contributed by atoms with Crippen LogP contribution in [0.15, 0.2) is 42.5 Å². The number of hydrogen-bond acceptors (Lipinski definition) is 4. The number of sulfonamides is 1. The number of hydrogen-bond donors (Lipinski definition) is 1. The Labute approximate surface area is 189 Å². The van der Waals surface area contributed by atoms with Crippen molar-refractivity contribution in [3.8, 4) is 17.3 Å². The molecule has 1 N–H and O–H groups in total. The second-order valence-electron chi connectivity index (χ2n) is 7.37. The monoisotopic (exact) mass is 452 g/mol. The van der Waals surface area contributed by atoms with Crippen LogP contribution in [0, 0.1) is 11.3 Å². The molecule has 0 aliphatic rings. The van der Waals surface area contributed by atoms with E-state index in [1.165, 1.54) is 0 Å². The molecule has 0 aliphatic carbocycles. The summed E-state index contributed by atoms with van der Waals surface area (Å²) in [4.78, 5) is 14.6. The lowest BCUT2D eigenvalue weighted by molar-refractivity contribution is 0.0773. The maximum absolute atomic E-state index is 12.9. The van der Waals surface area contributed by atoms with Gasteiger partial charge in [-0.2, -0.15) is 5.26 Å². The Bertz CT molecular complexity index is 1280. The van der Waals surface area contributed by atoms with Gasteiger partial charge in [-0.3, -0.25) is 9.52 Å². The number of carbonyl (C=O) groups is 1. The van der Waals surface area contributed by atoms with E-state index >= 15 is 0 Å². The second-order valence-corrected chi connectivity index (χ2v) is 9.38. The van der Waals surface area contributed by atoms with Crippen LogP contribution in [0.5, 0.6) is 0 Å². The first-order chi connectivity index (χ1) is 15.3. The number of aromatic nitrogens is 1. The Hall–Kier alpha value is -3.31. The van der Waals surface area contributed by atoms with E-state index in [1.807, 2.05) is 37.5 Å². The zero-order chi connectivity index (χ0) is 23.5.